The first kappa shape index (κ1) is 45.9. The first-order valence-corrected chi connectivity index (χ1v) is 21.5. The largest absolute Gasteiger partial charge is 0.481 e. The van der Waals surface area contributed by atoms with Crippen molar-refractivity contribution in [3.63, 3.8) is 0 Å². The second-order valence-electron chi connectivity index (χ2n) is 16.3. The number of aliphatic hydroxyl groups is 5. The van der Waals surface area contributed by atoms with Crippen molar-refractivity contribution in [3.05, 3.63) is 99.3 Å². The summed E-state index contributed by atoms with van der Waals surface area (Å²) >= 11 is 7.09. The van der Waals surface area contributed by atoms with Crippen molar-refractivity contribution < 1.29 is 57.8 Å². The molecule has 3 aliphatic rings. The van der Waals surface area contributed by atoms with E-state index in [1.54, 1.807) is 18.2 Å². The third-order valence-corrected chi connectivity index (χ3v) is 12.8. The number of benzene rings is 2. The van der Waals surface area contributed by atoms with Crippen molar-refractivity contribution in [2.45, 2.75) is 113 Å². The van der Waals surface area contributed by atoms with Gasteiger partial charge >= 0.3 is 5.97 Å². The Morgan fingerprint density at radius 2 is 1.63 bits per heavy atom. The maximum Gasteiger partial charge on any atom is 0.303 e. The number of anilines is 1. The van der Waals surface area contributed by atoms with Gasteiger partial charge in [-0.05, 0) is 99.1 Å². The number of carboxylic acid groups (broad SMARTS) is 1. The molecule has 16 heteroatoms. The van der Waals surface area contributed by atoms with Crippen LogP contribution in [0, 0.1) is 0 Å². The molecule has 9 N–H and O–H groups in total. The predicted molar refractivity (Wildman–Crippen MR) is 224 cm³/mol. The number of carbonyl (C=O) groups excluding carboxylic acids is 1. The van der Waals surface area contributed by atoms with E-state index in [2.05, 4.69) is 15.2 Å². The molecule has 0 saturated heterocycles. The molecule has 0 spiro atoms. The van der Waals surface area contributed by atoms with Gasteiger partial charge in [0.15, 0.2) is 5.71 Å². The van der Waals surface area contributed by atoms with Crippen LogP contribution in [0.4, 0.5) is 11.4 Å². The number of aliphatic carboxylic acids is 1. The van der Waals surface area contributed by atoms with E-state index in [1.807, 2.05) is 58.1 Å². The molecule has 14 nitrogen and oxygen atoms in total. The minimum absolute atomic E-state index is 0.0817. The number of hydrogen-bond acceptors (Lipinski definition) is 10. The lowest BCUT2D eigenvalue weighted by Gasteiger charge is -2.25. The normalized spacial score (nSPS) is 20.7. The van der Waals surface area contributed by atoms with Gasteiger partial charge in [-0.2, -0.15) is 13.0 Å². The Morgan fingerprint density at radius 1 is 0.915 bits per heavy atom. The maximum atomic E-state index is 13.3. The average Bonchev–Trinajstić information content (AvgIpc) is 3.57. The van der Waals surface area contributed by atoms with Gasteiger partial charge in [-0.1, -0.05) is 37.6 Å². The zero-order valence-electron chi connectivity index (χ0n) is 33.7. The smallest absolute Gasteiger partial charge is 0.303 e. The molecule has 2 aromatic rings. The fraction of sp³-hybridized carbons (Fsp3) is 0.465. The summed E-state index contributed by atoms with van der Waals surface area (Å²) < 4.78 is 35.4. The highest BCUT2D eigenvalue weighted by Crippen LogP contribution is 2.45. The molecule has 320 valence electrons. The second kappa shape index (κ2) is 18.6. The number of allylic oxidation sites excluding steroid dienone is 8. The molecule has 0 radical (unpaired) electrons. The molecule has 0 saturated carbocycles. The third kappa shape index (κ3) is 10.2. The summed E-state index contributed by atoms with van der Waals surface area (Å²) in [6.07, 6.45) is 5.47. The maximum absolute atomic E-state index is 13.3. The summed E-state index contributed by atoms with van der Waals surface area (Å²) in [5.74, 6) is -1.38. The standard InChI is InChI=1S/C43H54ClN3O11S/c1-42(2)29-22-28(59(56,57)58)15-16-31(29)46-35(42)18-13-25-9-8-10-26(38(25)44)14-19-36-43(3,4)30-21-27(12-17-32(30)47(36)20-7-5-6-11-37(51)52)41(55)45-23-33(49)39(53)40(54)34(50)24-48/h12-19,21-22,33-34,39-40,48-50,53-54H,5-11,20,23-24H2,1-4H3,(H3,45,51,52,55,56,57,58)/p+1. The fourth-order valence-corrected chi connectivity index (χ4v) is 8.66. The fourth-order valence-electron chi connectivity index (χ4n) is 7.84. The predicted octanol–water partition coefficient (Wildman–Crippen LogP) is 4.57. The van der Waals surface area contributed by atoms with E-state index >= 15 is 0 Å². The molecule has 0 aromatic heterocycles. The Hall–Kier alpha value is -4.19. The van der Waals surface area contributed by atoms with Gasteiger partial charge in [0.05, 0.1) is 23.0 Å². The Balaban J connectivity index is 1.40. The van der Waals surface area contributed by atoms with E-state index in [0.717, 1.165) is 70.7 Å². The molecule has 2 heterocycles. The Bertz CT molecular complexity index is 2230. The monoisotopic (exact) mass is 856 g/mol. The Morgan fingerprint density at radius 3 is 2.31 bits per heavy atom. The first-order chi connectivity index (χ1) is 27.7. The number of nitrogens with one attached hydrogen (secondary N) is 2. The molecule has 0 fully saturated rings. The van der Waals surface area contributed by atoms with E-state index < -0.39 is 70.4 Å². The molecule has 1 amide bonds. The minimum Gasteiger partial charge on any atom is -0.481 e. The van der Waals surface area contributed by atoms with Gasteiger partial charge < -0.3 is 41.3 Å². The minimum atomic E-state index is -4.36. The van der Waals surface area contributed by atoms with E-state index in [0.29, 0.717) is 30.0 Å². The number of unbranched alkanes of at least 4 members (excludes halogenated alkanes) is 2. The van der Waals surface area contributed by atoms with Crippen LogP contribution in [0.1, 0.15) is 94.1 Å². The molecule has 5 rings (SSSR count). The van der Waals surface area contributed by atoms with E-state index in [9.17, 15) is 43.0 Å². The van der Waals surface area contributed by atoms with Gasteiger partial charge in [0.1, 0.15) is 24.9 Å². The van der Waals surface area contributed by atoms with Crippen molar-refractivity contribution in [2.24, 2.45) is 0 Å². The topological polar surface area (TPSA) is 237 Å². The van der Waals surface area contributed by atoms with Crippen LogP contribution in [-0.4, -0.2) is 110 Å². The number of nitrogens with zero attached hydrogens (tertiary/aromatic N) is 1. The van der Waals surface area contributed by atoms with Crippen LogP contribution in [-0.2, 0) is 25.7 Å². The lowest BCUT2D eigenvalue weighted by Crippen LogP contribution is -2.49. The number of rotatable bonds is 17. The number of aliphatic hydroxyl groups excluding tert-OH is 5. The average molecular weight is 857 g/mol. The van der Waals surface area contributed by atoms with Crippen LogP contribution in [0.3, 0.4) is 0 Å². The molecule has 59 heavy (non-hydrogen) atoms. The van der Waals surface area contributed by atoms with Crippen LogP contribution in [0.2, 0.25) is 0 Å². The Kier molecular flexibility index (Phi) is 14.5. The second-order valence-corrected chi connectivity index (χ2v) is 18.1. The quantitative estimate of drug-likeness (QED) is 0.0605. The van der Waals surface area contributed by atoms with Crippen LogP contribution >= 0.6 is 11.6 Å². The summed E-state index contributed by atoms with van der Waals surface area (Å²) in [6.45, 7) is 7.38. The van der Waals surface area contributed by atoms with Crippen molar-refractivity contribution in [1.82, 2.24) is 5.32 Å². The van der Waals surface area contributed by atoms with Gasteiger partial charge in [-0.15, -0.1) is 0 Å². The summed E-state index contributed by atoms with van der Waals surface area (Å²) in [5, 5.41) is 64.8. The van der Waals surface area contributed by atoms with Crippen molar-refractivity contribution in [2.75, 3.05) is 25.0 Å². The summed E-state index contributed by atoms with van der Waals surface area (Å²) in [5.41, 5.74) is 6.05. The van der Waals surface area contributed by atoms with Gasteiger partial charge in [0.25, 0.3) is 16.0 Å². The third-order valence-electron chi connectivity index (χ3n) is 11.5. The van der Waals surface area contributed by atoms with Crippen LogP contribution < -0.4 is 10.6 Å². The van der Waals surface area contributed by atoms with E-state index in [1.165, 1.54) is 12.1 Å². The summed E-state index contributed by atoms with van der Waals surface area (Å²) in [6, 6.07) is 9.76. The van der Waals surface area contributed by atoms with Gasteiger partial charge in [0, 0.05) is 64.5 Å². The van der Waals surface area contributed by atoms with Crippen LogP contribution in [0.25, 0.3) is 0 Å². The summed E-state index contributed by atoms with van der Waals surface area (Å²) in [4.78, 5) is 24.3. The zero-order chi connectivity index (χ0) is 43.4. The van der Waals surface area contributed by atoms with E-state index in [-0.39, 0.29) is 11.3 Å². The lowest BCUT2D eigenvalue weighted by molar-refractivity contribution is -0.438. The van der Waals surface area contributed by atoms with Crippen molar-refractivity contribution in [1.29, 1.82) is 0 Å². The molecule has 4 unspecified atom stereocenters. The highest BCUT2D eigenvalue weighted by Gasteiger charge is 2.45. The number of carbonyl (C=O) groups is 2. The molecule has 2 aromatic carbocycles. The molecular weight excluding hydrogens is 802 g/mol. The van der Waals surface area contributed by atoms with Gasteiger partial charge in [-0.3, -0.25) is 14.1 Å². The summed E-state index contributed by atoms with van der Waals surface area (Å²) in [7, 11) is -4.36. The number of fused-ring (bicyclic) bond motifs is 2. The van der Waals surface area contributed by atoms with Crippen molar-refractivity contribution >= 4 is 50.7 Å². The molecule has 1 aliphatic carbocycles. The number of amides is 1. The highest BCUT2D eigenvalue weighted by molar-refractivity contribution is 7.85. The Labute approximate surface area is 349 Å². The van der Waals surface area contributed by atoms with Crippen LogP contribution in [0.5, 0.6) is 0 Å². The van der Waals surface area contributed by atoms with Crippen molar-refractivity contribution in [3.8, 4) is 0 Å². The van der Waals surface area contributed by atoms with Gasteiger partial charge in [0.2, 0.25) is 5.69 Å². The molecule has 2 aliphatic heterocycles. The number of carboxylic acids is 1. The number of hydrogen-bond donors (Lipinski definition) is 9. The van der Waals surface area contributed by atoms with E-state index in [4.69, 9.17) is 21.8 Å². The highest BCUT2D eigenvalue weighted by atomic mass is 35.5. The first-order valence-electron chi connectivity index (χ1n) is 19.7. The van der Waals surface area contributed by atoms with Crippen LogP contribution in [0.15, 0.2) is 87.5 Å². The molecule has 0 bridgehead atoms. The molecule has 4 atom stereocenters. The van der Waals surface area contributed by atoms with Gasteiger partial charge in [-0.25, -0.2) is 0 Å². The zero-order valence-corrected chi connectivity index (χ0v) is 35.2. The number of halogens is 1. The molecular formula is C43H55ClN3O11S+. The SMILES string of the molecule is CC1(C)C(/C=C/C2=C(Cl)C(=C/C=C3/Nc4ccc(S(=O)(=O)O)cc4C3(C)C)/CCC2)=[N+](CCCCCC(=O)O)c2ccc(C(=O)NCC(O)C(O)C(O)C(O)CO)cc21. The lowest BCUT2D eigenvalue weighted by atomic mass is 9.80.